The molecule has 31 heavy (non-hydrogen) atoms. The van der Waals surface area contributed by atoms with Crippen molar-refractivity contribution in [3.05, 3.63) is 35.9 Å². The molecule has 2 rings (SSSR count). The van der Waals surface area contributed by atoms with Gasteiger partial charge in [-0.3, -0.25) is 19.2 Å². The molecule has 1 aliphatic heterocycles. The van der Waals surface area contributed by atoms with E-state index in [0.29, 0.717) is 17.9 Å². The van der Waals surface area contributed by atoms with E-state index in [1.807, 2.05) is 30.3 Å². The topological polar surface area (TPSA) is 174 Å². The van der Waals surface area contributed by atoms with Crippen LogP contribution in [0.5, 0.6) is 0 Å². The van der Waals surface area contributed by atoms with E-state index < -0.39 is 41.9 Å². The van der Waals surface area contributed by atoms with E-state index in [2.05, 4.69) is 10.6 Å². The Morgan fingerprint density at radius 1 is 1.19 bits per heavy atom. The second-order valence-corrected chi connectivity index (χ2v) is 7.16. The van der Waals surface area contributed by atoms with Crippen LogP contribution >= 0.6 is 0 Å². The second kappa shape index (κ2) is 11.1. The molecule has 4 amide bonds. The zero-order chi connectivity index (χ0) is 23.0. The number of nitrogens with one attached hydrogen (secondary N) is 2. The average Bonchev–Trinajstić information content (AvgIpc) is 2.73. The van der Waals surface area contributed by atoms with E-state index in [0.717, 1.165) is 12.5 Å². The molecule has 1 saturated heterocycles. The number of esters is 1. The van der Waals surface area contributed by atoms with Crippen LogP contribution in [0.25, 0.3) is 0 Å². The lowest BCUT2D eigenvalue weighted by atomic mass is 9.87. The number of benzene rings is 1. The van der Waals surface area contributed by atoms with Crippen LogP contribution in [-0.4, -0.2) is 53.4 Å². The monoisotopic (exact) mass is 433 g/mol. The van der Waals surface area contributed by atoms with E-state index >= 15 is 0 Å². The molecule has 0 spiro atoms. The summed E-state index contributed by atoms with van der Waals surface area (Å²) in [5.41, 5.74) is 5.99. The Kier molecular flexibility index (Phi) is 8.50. The first kappa shape index (κ1) is 23.8. The third-order valence-corrected chi connectivity index (χ3v) is 4.80. The zero-order valence-electron chi connectivity index (χ0n) is 17.2. The highest BCUT2D eigenvalue weighted by Crippen LogP contribution is 2.27. The number of Topliss-reactive ketones (excluding diaryl/α,β-unsaturated/α-hetero) is 1. The summed E-state index contributed by atoms with van der Waals surface area (Å²) < 4.78 is 4.95. The second-order valence-electron chi connectivity index (χ2n) is 7.16. The van der Waals surface area contributed by atoms with Gasteiger partial charge >= 0.3 is 12.0 Å². The number of hydrogen-bond donors (Lipinski definition) is 4. The number of ketones is 1. The van der Waals surface area contributed by atoms with Crippen molar-refractivity contribution in [2.24, 2.45) is 17.5 Å². The van der Waals surface area contributed by atoms with Gasteiger partial charge in [0.1, 0.15) is 0 Å². The molecule has 1 aromatic rings. The van der Waals surface area contributed by atoms with Gasteiger partial charge in [-0.25, -0.2) is 15.6 Å². The molecular formula is C20H27N5O6. The molecule has 1 aliphatic rings. The van der Waals surface area contributed by atoms with Gasteiger partial charge in [0.05, 0.1) is 6.04 Å². The Bertz CT molecular complexity index is 831. The summed E-state index contributed by atoms with van der Waals surface area (Å²) in [5.74, 6) is 1.85. The molecule has 168 valence electrons. The predicted molar refractivity (Wildman–Crippen MR) is 109 cm³/mol. The van der Waals surface area contributed by atoms with Gasteiger partial charge in [-0.2, -0.15) is 0 Å². The maximum atomic E-state index is 13.0. The van der Waals surface area contributed by atoms with Crippen LogP contribution in [0.3, 0.4) is 0 Å². The number of urea groups is 1. The molecule has 0 saturated carbocycles. The summed E-state index contributed by atoms with van der Waals surface area (Å²) in [4.78, 5) is 59.6. The number of nitrogens with two attached hydrogens (primary N) is 2. The Morgan fingerprint density at radius 2 is 1.87 bits per heavy atom. The fraction of sp³-hybridized carbons (Fsp3) is 0.450. The summed E-state index contributed by atoms with van der Waals surface area (Å²) in [6.45, 7) is 1.32. The standard InChI is InChI=1S/C20H27N5O6/c1-12(26)31-19-16(18(29)25(19)22)17(28)14(8-5-11-23-20(21)30)24-15(27)10-9-13-6-3-2-4-7-13/h2-4,6-7,14,16,19H,5,8-11,22H2,1H3,(H,24,27)(H3,21,23,30)/t14-,16-,19-/m0/s1. The van der Waals surface area contributed by atoms with Crippen molar-refractivity contribution in [3.8, 4) is 0 Å². The quantitative estimate of drug-likeness (QED) is 0.0895. The van der Waals surface area contributed by atoms with Crippen LogP contribution in [0.15, 0.2) is 30.3 Å². The first-order chi connectivity index (χ1) is 14.7. The van der Waals surface area contributed by atoms with Crippen molar-refractivity contribution in [3.63, 3.8) is 0 Å². The van der Waals surface area contributed by atoms with Crippen molar-refractivity contribution in [1.82, 2.24) is 15.6 Å². The molecule has 1 heterocycles. The lowest BCUT2D eigenvalue weighted by Crippen LogP contribution is -2.69. The van der Waals surface area contributed by atoms with Crippen molar-refractivity contribution < 1.29 is 28.7 Å². The summed E-state index contributed by atoms with van der Waals surface area (Å²) in [7, 11) is 0. The largest absolute Gasteiger partial charge is 0.439 e. The third-order valence-electron chi connectivity index (χ3n) is 4.80. The van der Waals surface area contributed by atoms with Crippen LogP contribution in [0.2, 0.25) is 0 Å². The number of carbonyl (C=O) groups is 5. The summed E-state index contributed by atoms with van der Waals surface area (Å²) in [6, 6.07) is 7.64. The first-order valence-corrected chi connectivity index (χ1v) is 9.86. The highest BCUT2D eigenvalue weighted by molar-refractivity contribution is 6.09. The minimum atomic E-state index is -1.29. The van der Waals surface area contributed by atoms with Crippen molar-refractivity contribution in [1.29, 1.82) is 0 Å². The molecule has 6 N–H and O–H groups in total. The number of ether oxygens (including phenoxy) is 1. The van der Waals surface area contributed by atoms with Gasteiger partial charge in [-0.1, -0.05) is 30.3 Å². The fourth-order valence-corrected chi connectivity index (χ4v) is 3.23. The lowest BCUT2D eigenvalue weighted by molar-refractivity contribution is -0.199. The zero-order valence-corrected chi connectivity index (χ0v) is 17.2. The molecule has 0 bridgehead atoms. The number of primary amides is 1. The third kappa shape index (κ3) is 6.78. The predicted octanol–water partition coefficient (Wildman–Crippen LogP) is -0.657. The first-order valence-electron chi connectivity index (χ1n) is 9.86. The van der Waals surface area contributed by atoms with E-state index in [9.17, 15) is 24.0 Å². The maximum Gasteiger partial charge on any atom is 0.312 e. The minimum Gasteiger partial charge on any atom is -0.439 e. The SMILES string of the molecule is CC(=O)O[C@H]1[C@@H](C(=O)[C@H](CCCNC(N)=O)NC(=O)CCc2ccccc2)C(=O)N1N. The Balaban J connectivity index is 2.03. The molecule has 1 aromatic carbocycles. The number of carbonyl (C=O) groups excluding carboxylic acids is 5. The van der Waals surface area contributed by atoms with Crippen molar-refractivity contribution >= 4 is 29.6 Å². The van der Waals surface area contributed by atoms with Crippen molar-refractivity contribution in [2.75, 3.05) is 6.54 Å². The Morgan fingerprint density at radius 3 is 2.48 bits per heavy atom. The molecule has 1 fully saturated rings. The number of aryl methyl sites for hydroxylation is 1. The summed E-state index contributed by atoms with van der Waals surface area (Å²) in [6.07, 6.45) is -0.125. The average molecular weight is 433 g/mol. The molecule has 11 nitrogen and oxygen atoms in total. The smallest absolute Gasteiger partial charge is 0.312 e. The number of hydrazine groups is 1. The fourth-order valence-electron chi connectivity index (χ4n) is 3.23. The van der Waals surface area contributed by atoms with Gasteiger partial charge in [0, 0.05) is 19.9 Å². The van der Waals surface area contributed by atoms with E-state index in [1.54, 1.807) is 0 Å². The number of β-lactam (4-membered cyclic amide) rings is 1. The van der Waals surface area contributed by atoms with Crippen LogP contribution < -0.4 is 22.2 Å². The van der Waals surface area contributed by atoms with Crippen molar-refractivity contribution in [2.45, 2.75) is 44.9 Å². The Labute approximate surface area is 179 Å². The summed E-state index contributed by atoms with van der Waals surface area (Å²) >= 11 is 0. The molecule has 0 radical (unpaired) electrons. The molecule has 0 unspecified atom stereocenters. The van der Waals surface area contributed by atoms with E-state index in [-0.39, 0.29) is 25.3 Å². The van der Waals surface area contributed by atoms with E-state index in [1.165, 1.54) is 0 Å². The van der Waals surface area contributed by atoms with Crippen LogP contribution in [0.1, 0.15) is 31.7 Å². The number of rotatable bonds is 11. The van der Waals surface area contributed by atoms with Crippen LogP contribution in [0.4, 0.5) is 4.79 Å². The highest BCUT2D eigenvalue weighted by Gasteiger charge is 2.54. The van der Waals surface area contributed by atoms with Crippen LogP contribution in [0, 0.1) is 5.92 Å². The van der Waals surface area contributed by atoms with Gasteiger partial charge in [-0.05, 0) is 24.8 Å². The molecular weight excluding hydrogens is 406 g/mol. The molecule has 11 heteroatoms. The number of hydrogen-bond acceptors (Lipinski definition) is 7. The van der Waals surface area contributed by atoms with Gasteiger partial charge in [-0.15, -0.1) is 0 Å². The lowest BCUT2D eigenvalue weighted by Gasteiger charge is -2.42. The van der Waals surface area contributed by atoms with Gasteiger partial charge in [0.15, 0.2) is 11.7 Å². The summed E-state index contributed by atoms with van der Waals surface area (Å²) in [5, 5.41) is 5.72. The molecule has 3 atom stereocenters. The Hall–Kier alpha value is -3.47. The highest BCUT2D eigenvalue weighted by atomic mass is 16.6. The van der Waals surface area contributed by atoms with Gasteiger partial charge in [0.2, 0.25) is 12.1 Å². The molecule has 0 aliphatic carbocycles. The van der Waals surface area contributed by atoms with E-state index in [4.69, 9.17) is 16.3 Å². The maximum absolute atomic E-state index is 13.0. The minimum absolute atomic E-state index is 0.141. The number of amides is 4. The number of nitrogens with zero attached hydrogens (tertiary/aromatic N) is 1. The normalized spacial score (nSPS) is 18.5. The van der Waals surface area contributed by atoms with Gasteiger partial charge < -0.3 is 21.1 Å². The molecule has 0 aromatic heterocycles. The van der Waals surface area contributed by atoms with Gasteiger partial charge in [0.25, 0.3) is 5.91 Å². The van der Waals surface area contributed by atoms with Crippen LogP contribution in [-0.2, 0) is 30.3 Å².